The van der Waals surface area contributed by atoms with Crippen LogP contribution < -0.4 is 4.74 Å². The standard InChI is InChI=1S/C9H8N2OS2/c1-2-8-10-6-3-4-7(12-5-13)11-9(6)14-8/h3-5H,2H2,1H3. The molecule has 2 aromatic rings. The number of ether oxygens (including phenoxy) is 1. The van der Waals surface area contributed by atoms with E-state index in [1.54, 1.807) is 17.4 Å². The van der Waals surface area contributed by atoms with E-state index in [0.717, 1.165) is 21.8 Å². The predicted octanol–water partition coefficient (Wildman–Crippen LogP) is 2.59. The highest BCUT2D eigenvalue weighted by Crippen LogP contribution is 2.22. The molecule has 0 aliphatic rings. The number of aromatic nitrogens is 2. The molecular weight excluding hydrogens is 216 g/mol. The maximum absolute atomic E-state index is 5.01. The molecule has 0 atom stereocenters. The minimum atomic E-state index is 0.527. The lowest BCUT2D eigenvalue weighted by Gasteiger charge is -1.94. The van der Waals surface area contributed by atoms with Gasteiger partial charge in [0.25, 0.3) is 0 Å². The first-order valence-corrected chi connectivity index (χ1v) is 5.49. The van der Waals surface area contributed by atoms with Gasteiger partial charge < -0.3 is 4.74 Å². The smallest absolute Gasteiger partial charge is 0.221 e. The van der Waals surface area contributed by atoms with Crippen LogP contribution in [-0.2, 0) is 6.42 Å². The molecular formula is C9H8N2OS2. The van der Waals surface area contributed by atoms with Gasteiger partial charge in [-0.05, 0) is 24.7 Å². The topological polar surface area (TPSA) is 35.0 Å². The summed E-state index contributed by atoms with van der Waals surface area (Å²) in [4.78, 5) is 9.57. The number of nitrogens with zero attached hydrogens (tertiary/aromatic N) is 2. The van der Waals surface area contributed by atoms with Crippen LogP contribution in [0.4, 0.5) is 0 Å². The summed E-state index contributed by atoms with van der Waals surface area (Å²) in [5.74, 6) is 0.527. The van der Waals surface area contributed by atoms with Crippen molar-refractivity contribution in [2.24, 2.45) is 0 Å². The van der Waals surface area contributed by atoms with E-state index in [-0.39, 0.29) is 0 Å². The van der Waals surface area contributed by atoms with Crippen LogP contribution in [0.25, 0.3) is 10.3 Å². The SMILES string of the molecule is CCc1nc2ccc(OC=S)nc2s1. The molecule has 0 bridgehead atoms. The number of fused-ring (bicyclic) bond motifs is 1. The van der Waals surface area contributed by atoms with E-state index in [9.17, 15) is 0 Å². The van der Waals surface area contributed by atoms with E-state index in [0.29, 0.717) is 5.88 Å². The maximum Gasteiger partial charge on any atom is 0.221 e. The maximum atomic E-state index is 5.01. The molecule has 0 aromatic carbocycles. The number of hydrogen-bond acceptors (Lipinski definition) is 5. The fraction of sp³-hybridized carbons (Fsp3) is 0.222. The number of thiocarbonyl (C=S) groups is 1. The molecule has 14 heavy (non-hydrogen) atoms. The molecule has 0 unspecified atom stereocenters. The Hall–Kier alpha value is -1.07. The molecule has 0 fully saturated rings. The first kappa shape index (κ1) is 9.48. The van der Waals surface area contributed by atoms with Gasteiger partial charge in [-0.2, -0.15) is 0 Å². The summed E-state index contributed by atoms with van der Waals surface area (Å²) in [5.41, 5.74) is 2.12. The van der Waals surface area contributed by atoms with Crippen LogP contribution in [-0.4, -0.2) is 15.5 Å². The second kappa shape index (κ2) is 3.98. The molecule has 2 aromatic heterocycles. The number of pyridine rings is 1. The average molecular weight is 224 g/mol. The van der Waals surface area contributed by atoms with Crippen molar-refractivity contribution in [3.63, 3.8) is 0 Å². The van der Waals surface area contributed by atoms with Gasteiger partial charge in [0.05, 0.1) is 5.01 Å². The fourth-order valence-electron chi connectivity index (χ4n) is 1.11. The quantitative estimate of drug-likeness (QED) is 0.751. The second-order valence-corrected chi connectivity index (χ2v) is 3.90. The lowest BCUT2D eigenvalue weighted by molar-refractivity contribution is 0.563. The molecule has 3 nitrogen and oxygen atoms in total. The van der Waals surface area contributed by atoms with E-state index in [1.165, 1.54) is 5.55 Å². The molecule has 0 N–H and O–H groups in total. The zero-order chi connectivity index (χ0) is 9.97. The number of rotatable bonds is 3. The zero-order valence-electron chi connectivity index (χ0n) is 7.56. The summed E-state index contributed by atoms with van der Waals surface area (Å²) in [6.07, 6.45) is 0.935. The highest BCUT2D eigenvalue weighted by molar-refractivity contribution is 7.78. The van der Waals surface area contributed by atoms with Crippen molar-refractivity contribution in [3.05, 3.63) is 17.1 Å². The van der Waals surface area contributed by atoms with Crippen molar-refractivity contribution < 1.29 is 4.74 Å². The monoisotopic (exact) mass is 224 g/mol. The molecule has 0 saturated carbocycles. The van der Waals surface area contributed by atoms with Crippen LogP contribution in [0.3, 0.4) is 0 Å². The molecule has 0 aliphatic carbocycles. The Bertz CT molecular complexity index is 467. The number of thiazole rings is 1. The van der Waals surface area contributed by atoms with Crippen molar-refractivity contribution in [2.45, 2.75) is 13.3 Å². The Morgan fingerprint density at radius 2 is 2.36 bits per heavy atom. The van der Waals surface area contributed by atoms with Gasteiger partial charge in [0, 0.05) is 6.07 Å². The first-order valence-electron chi connectivity index (χ1n) is 4.20. The van der Waals surface area contributed by atoms with Gasteiger partial charge in [-0.15, -0.1) is 0 Å². The third-order valence-corrected chi connectivity index (χ3v) is 2.95. The number of aryl methyl sites for hydroxylation is 1. The van der Waals surface area contributed by atoms with Crippen molar-refractivity contribution in [1.82, 2.24) is 9.97 Å². The number of hydrogen-bond donors (Lipinski definition) is 0. The van der Waals surface area contributed by atoms with Gasteiger partial charge in [-0.1, -0.05) is 18.3 Å². The van der Waals surface area contributed by atoms with E-state index in [1.807, 2.05) is 6.07 Å². The van der Waals surface area contributed by atoms with Crippen molar-refractivity contribution in [1.29, 1.82) is 0 Å². The highest BCUT2D eigenvalue weighted by Gasteiger charge is 2.04. The molecule has 0 saturated heterocycles. The van der Waals surface area contributed by atoms with Gasteiger partial charge in [0.15, 0.2) is 5.55 Å². The summed E-state index contributed by atoms with van der Waals surface area (Å²) in [6.45, 7) is 2.08. The molecule has 2 rings (SSSR count). The minimum Gasteiger partial charge on any atom is -0.435 e. The van der Waals surface area contributed by atoms with E-state index in [2.05, 4.69) is 29.1 Å². The lowest BCUT2D eigenvalue weighted by Crippen LogP contribution is -1.88. The summed E-state index contributed by atoms with van der Waals surface area (Å²) in [5, 5.41) is 1.09. The summed E-state index contributed by atoms with van der Waals surface area (Å²) in [6, 6.07) is 3.66. The highest BCUT2D eigenvalue weighted by atomic mass is 32.1. The van der Waals surface area contributed by atoms with Crippen molar-refractivity contribution >= 4 is 39.5 Å². The summed E-state index contributed by atoms with van der Waals surface area (Å²) in [7, 11) is 0. The van der Waals surface area contributed by atoms with E-state index >= 15 is 0 Å². The van der Waals surface area contributed by atoms with Crippen LogP contribution in [0.15, 0.2) is 12.1 Å². The first-order chi connectivity index (χ1) is 6.83. The van der Waals surface area contributed by atoms with Crippen molar-refractivity contribution in [2.75, 3.05) is 0 Å². The van der Waals surface area contributed by atoms with E-state index in [4.69, 9.17) is 4.74 Å². The largest absolute Gasteiger partial charge is 0.435 e. The minimum absolute atomic E-state index is 0.527. The van der Waals surface area contributed by atoms with Gasteiger partial charge >= 0.3 is 0 Å². The fourth-order valence-corrected chi connectivity index (χ4v) is 2.08. The molecule has 0 radical (unpaired) electrons. The molecule has 0 spiro atoms. The van der Waals surface area contributed by atoms with Crippen LogP contribution >= 0.6 is 23.6 Å². The Morgan fingerprint density at radius 1 is 1.50 bits per heavy atom. The van der Waals surface area contributed by atoms with Crippen LogP contribution in [0, 0.1) is 0 Å². The Morgan fingerprint density at radius 3 is 3.07 bits per heavy atom. The second-order valence-electron chi connectivity index (χ2n) is 2.65. The van der Waals surface area contributed by atoms with Crippen LogP contribution in [0.2, 0.25) is 0 Å². The third kappa shape index (κ3) is 1.73. The lowest BCUT2D eigenvalue weighted by atomic mass is 10.4. The normalized spacial score (nSPS) is 10.4. The van der Waals surface area contributed by atoms with Crippen molar-refractivity contribution in [3.8, 4) is 5.88 Å². The van der Waals surface area contributed by atoms with Gasteiger partial charge in [0.1, 0.15) is 10.3 Å². The Balaban J connectivity index is 2.48. The molecule has 2 heterocycles. The third-order valence-electron chi connectivity index (χ3n) is 1.75. The summed E-state index contributed by atoms with van der Waals surface area (Å²) < 4.78 is 5.01. The molecule has 0 aliphatic heterocycles. The Labute approximate surface area is 90.8 Å². The van der Waals surface area contributed by atoms with Gasteiger partial charge in [0.2, 0.25) is 5.88 Å². The van der Waals surface area contributed by atoms with Crippen LogP contribution in [0.5, 0.6) is 5.88 Å². The zero-order valence-corrected chi connectivity index (χ0v) is 9.19. The van der Waals surface area contributed by atoms with Gasteiger partial charge in [-0.25, -0.2) is 9.97 Å². The predicted molar refractivity (Wildman–Crippen MR) is 61.1 cm³/mol. The molecule has 72 valence electrons. The molecule has 5 heteroatoms. The van der Waals surface area contributed by atoms with Gasteiger partial charge in [-0.3, -0.25) is 0 Å². The van der Waals surface area contributed by atoms with Crippen LogP contribution in [0.1, 0.15) is 11.9 Å². The Kier molecular flexibility index (Phi) is 2.69. The van der Waals surface area contributed by atoms with E-state index < -0.39 is 0 Å². The summed E-state index contributed by atoms with van der Waals surface area (Å²) >= 11 is 6.17. The molecule has 0 amide bonds. The average Bonchev–Trinajstić information content (AvgIpc) is 2.60.